The van der Waals surface area contributed by atoms with E-state index in [2.05, 4.69) is 29.8 Å². The summed E-state index contributed by atoms with van der Waals surface area (Å²) in [6.45, 7) is 5.47. The molecule has 11 heavy (non-hydrogen) atoms. The summed E-state index contributed by atoms with van der Waals surface area (Å²) in [6.07, 6.45) is 3.98. The highest BCUT2D eigenvalue weighted by Crippen LogP contribution is 2.33. The number of rotatable bonds is 3. The summed E-state index contributed by atoms with van der Waals surface area (Å²) in [7, 11) is 0. The molecule has 0 aromatic rings. The molecule has 2 heteroatoms. The van der Waals surface area contributed by atoms with E-state index in [1.54, 1.807) is 0 Å². The lowest BCUT2D eigenvalue weighted by molar-refractivity contribution is 0.161. The van der Waals surface area contributed by atoms with E-state index in [0.29, 0.717) is 10.9 Å². The fourth-order valence-corrected chi connectivity index (χ4v) is 2.13. The maximum atomic E-state index is 5.49. The molecule has 1 aliphatic rings. The van der Waals surface area contributed by atoms with E-state index in [9.17, 15) is 0 Å². The maximum absolute atomic E-state index is 5.49. The van der Waals surface area contributed by atoms with Crippen LogP contribution < -0.4 is 0 Å². The summed E-state index contributed by atoms with van der Waals surface area (Å²) in [6, 6.07) is 0. The normalized spacial score (nSPS) is 37.9. The average Bonchev–Trinajstić information content (AvgIpc) is 2.31. The molecular formula is C9H17BrO. The van der Waals surface area contributed by atoms with Gasteiger partial charge in [-0.2, -0.15) is 0 Å². The summed E-state index contributed by atoms with van der Waals surface area (Å²) in [5.41, 5.74) is 0. The molecule has 66 valence electrons. The molecule has 3 unspecified atom stereocenters. The quantitative estimate of drug-likeness (QED) is 0.665. The molecule has 1 nitrogen and oxygen atoms in total. The van der Waals surface area contributed by atoms with Crippen LogP contribution in [0.25, 0.3) is 0 Å². The molecule has 1 saturated heterocycles. The van der Waals surface area contributed by atoms with Crippen LogP contribution in [0.2, 0.25) is 0 Å². The molecule has 1 fully saturated rings. The first-order valence-corrected chi connectivity index (χ1v) is 5.43. The number of ether oxygens (including phenoxy) is 1. The van der Waals surface area contributed by atoms with Gasteiger partial charge in [-0.25, -0.2) is 0 Å². The van der Waals surface area contributed by atoms with Crippen LogP contribution in [0.1, 0.15) is 33.1 Å². The summed E-state index contributed by atoms with van der Waals surface area (Å²) < 4.78 is 5.49. The van der Waals surface area contributed by atoms with Gasteiger partial charge in [0.25, 0.3) is 0 Å². The average molecular weight is 221 g/mol. The molecule has 1 aliphatic heterocycles. The molecule has 0 aliphatic carbocycles. The van der Waals surface area contributed by atoms with Crippen LogP contribution in [-0.2, 0) is 4.74 Å². The van der Waals surface area contributed by atoms with Crippen molar-refractivity contribution in [1.29, 1.82) is 0 Å². The lowest BCUT2D eigenvalue weighted by Crippen LogP contribution is -2.11. The van der Waals surface area contributed by atoms with E-state index < -0.39 is 0 Å². The SMILES string of the molecule is CCCCC1COC(Br)C1C. The first kappa shape index (κ1) is 9.53. The van der Waals surface area contributed by atoms with Crippen LogP contribution in [0, 0.1) is 11.8 Å². The summed E-state index contributed by atoms with van der Waals surface area (Å²) in [5.74, 6) is 1.49. The highest BCUT2D eigenvalue weighted by atomic mass is 79.9. The molecule has 1 rings (SSSR count). The highest BCUT2D eigenvalue weighted by molar-refractivity contribution is 9.09. The molecular weight excluding hydrogens is 204 g/mol. The molecule has 0 spiro atoms. The predicted octanol–water partition coefficient (Wildman–Crippen LogP) is 3.18. The second-order valence-corrected chi connectivity index (χ2v) is 4.35. The van der Waals surface area contributed by atoms with Crippen molar-refractivity contribution in [3.05, 3.63) is 0 Å². The largest absolute Gasteiger partial charge is 0.366 e. The second kappa shape index (κ2) is 4.46. The van der Waals surface area contributed by atoms with Gasteiger partial charge in [-0.05, 0) is 18.3 Å². The Bertz CT molecular complexity index is 116. The van der Waals surface area contributed by atoms with Gasteiger partial charge >= 0.3 is 0 Å². The van der Waals surface area contributed by atoms with Crippen molar-refractivity contribution in [1.82, 2.24) is 0 Å². The van der Waals surface area contributed by atoms with Gasteiger partial charge < -0.3 is 4.74 Å². The van der Waals surface area contributed by atoms with E-state index in [1.165, 1.54) is 19.3 Å². The number of alkyl halides is 1. The van der Waals surface area contributed by atoms with Crippen molar-refractivity contribution in [2.75, 3.05) is 6.61 Å². The first-order valence-electron chi connectivity index (χ1n) is 4.51. The van der Waals surface area contributed by atoms with Crippen LogP contribution in [0.4, 0.5) is 0 Å². The van der Waals surface area contributed by atoms with Crippen molar-refractivity contribution in [3.8, 4) is 0 Å². The van der Waals surface area contributed by atoms with E-state index in [4.69, 9.17) is 4.74 Å². The Balaban J connectivity index is 2.24. The molecule has 0 bridgehead atoms. The zero-order chi connectivity index (χ0) is 8.27. The Labute approximate surface area is 77.6 Å². The lowest BCUT2D eigenvalue weighted by Gasteiger charge is -2.13. The number of unbranched alkanes of at least 4 members (excludes halogenated alkanes) is 1. The summed E-state index contributed by atoms with van der Waals surface area (Å²) in [4.78, 5) is 0. The first-order chi connectivity index (χ1) is 5.25. The van der Waals surface area contributed by atoms with Crippen LogP contribution in [0.3, 0.4) is 0 Å². The number of hydrogen-bond acceptors (Lipinski definition) is 1. The van der Waals surface area contributed by atoms with Gasteiger partial charge in [0.05, 0.1) is 6.61 Å². The highest BCUT2D eigenvalue weighted by Gasteiger charge is 2.30. The van der Waals surface area contributed by atoms with Gasteiger partial charge in [0.1, 0.15) is 5.01 Å². The smallest absolute Gasteiger partial charge is 0.115 e. The molecule has 0 saturated carbocycles. The third-order valence-corrected chi connectivity index (χ3v) is 3.65. The predicted molar refractivity (Wildman–Crippen MR) is 50.8 cm³/mol. The molecule has 0 aromatic carbocycles. The molecule has 0 aromatic heterocycles. The number of halogens is 1. The maximum Gasteiger partial charge on any atom is 0.115 e. The van der Waals surface area contributed by atoms with Gasteiger partial charge in [0.15, 0.2) is 0 Å². The Morgan fingerprint density at radius 3 is 2.73 bits per heavy atom. The standard InChI is InChI=1S/C9H17BrO/c1-3-4-5-8-6-11-9(10)7(8)2/h7-9H,3-6H2,1-2H3. The van der Waals surface area contributed by atoms with E-state index >= 15 is 0 Å². The lowest BCUT2D eigenvalue weighted by atomic mass is 9.93. The zero-order valence-electron chi connectivity index (χ0n) is 7.35. The fraction of sp³-hybridized carbons (Fsp3) is 1.00. The van der Waals surface area contributed by atoms with Gasteiger partial charge in [-0.1, -0.05) is 42.6 Å². The van der Waals surface area contributed by atoms with Crippen LogP contribution >= 0.6 is 15.9 Å². The van der Waals surface area contributed by atoms with Crippen LogP contribution in [-0.4, -0.2) is 11.6 Å². The van der Waals surface area contributed by atoms with Crippen LogP contribution in [0.5, 0.6) is 0 Å². The van der Waals surface area contributed by atoms with Crippen molar-refractivity contribution in [2.24, 2.45) is 11.8 Å². The van der Waals surface area contributed by atoms with E-state index in [-0.39, 0.29) is 0 Å². The van der Waals surface area contributed by atoms with E-state index in [1.807, 2.05) is 0 Å². The van der Waals surface area contributed by atoms with Crippen LogP contribution in [0.15, 0.2) is 0 Å². The summed E-state index contributed by atoms with van der Waals surface area (Å²) in [5, 5.41) is 0.310. The van der Waals surface area contributed by atoms with Crippen molar-refractivity contribution in [2.45, 2.75) is 38.1 Å². The van der Waals surface area contributed by atoms with Crippen molar-refractivity contribution >= 4 is 15.9 Å². The Hall–Kier alpha value is 0.440. The minimum atomic E-state index is 0.310. The minimum absolute atomic E-state index is 0.310. The summed E-state index contributed by atoms with van der Waals surface area (Å²) >= 11 is 3.51. The third-order valence-electron chi connectivity index (χ3n) is 2.55. The van der Waals surface area contributed by atoms with Crippen molar-refractivity contribution < 1.29 is 4.74 Å². The fourth-order valence-electron chi connectivity index (χ4n) is 1.55. The molecule has 0 N–H and O–H groups in total. The van der Waals surface area contributed by atoms with Crippen molar-refractivity contribution in [3.63, 3.8) is 0 Å². The van der Waals surface area contributed by atoms with Gasteiger partial charge in [0.2, 0.25) is 0 Å². The molecule has 3 atom stereocenters. The Kier molecular flexibility index (Phi) is 3.86. The Morgan fingerprint density at radius 1 is 1.55 bits per heavy atom. The van der Waals surface area contributed by atoms with E-state index in [0.717, 1.165) is 12.5 Å². The van der Waals surface area contributed by atoms with Gasteiger partial charge in [-0.15, -0.1) is 0 Å². The zero-order valence-corrected chi connectivity index (χ0v) is 8.93. The molecule has 0 amide bonds. The molecule has 0 radical (unpaired) electrons. The number of hydrogen-bond donors (Lipinski definition) is 0. The topological polar surface area (TPSA) is 9.23 Å². The third kappa shape index (κ3) is 2.45. The molecule has 1 heterocycles. The Morgan fingerprint density at radius 2 is 2.27 bits per heavy atom. The second-order valence-electron chi connectivity index (χ2n) is 3.45. The van der Waals surface area contributed by atoms with Gasteiger partial charge in [-0.3, -0.25) is 0 Å². The van der Waals surface area contributed by atoms with Gasteiger partial charge in [0, 0.05) is 0 Å². The minimum Gasteiger partial charge on any atom is -0.366 e. The monoisotopic (exact) mass is 220 g/mol.